The first kappa shape index (κ1) is 6.66. The quantitative estimate of drug-likeness (QED) is 0.377. The predicted octanol–water partition coefficient (Wildman–Crippen LogP) is 0.148. The fourth-order valence-corrected chi connectivity index (χ4v) is 0. The van der Waals surface area contributed by atoms with Crippen LogP contribution in [0.5, 0.6) is 0 Å². The molecule has 0 radical (unpaired) electrons. The normalized spacial score (nSPS) is 13.9. The molecule has 1 aliphatic rings. The minimum atomic E-state index is 0.583. The molecule has 2 heteroatoms. The number of rotatable bonds is 1. The molecule has 0 aromatic heterocycles. The van der Waals surface area contributed by atoms with Gasteiger partial charge in [0, 0.05) is 6.54 Å². The van der Waals surface area contributed by atoms with Crippen LogP contribution >= 0.6 is 0 Å². The third-order valence-corrected chi connectivity index (χ3v) is 0.371. The maximum absolute atomic E-state index is 4.91. The summed E-state index contributed by atoms with van der Waals surface area (Å²) in [6.07, 6.45) is 1.65. The van der Waals surface area contributed by atoms with E-state index in [1.54, 1.807) is 6.08 Å². The van der Waals surface area contributed by atoms with Crippen LogP contribution < -0.4 is 5.73 Å². The molecule has 0 aromatic rings. The number of hydrogen-bond acceptors (Lipinski definition) is 2. The molecule has 2 nitrogen and oxygen atoms in total. The van der Waals surface area contributed by atoms with Gasteiger partial charge < -0.3 is 10.5 Å². The summed E-state index contributed by atoms with van der Waals surface area (Å²) in [5.41, 5.74) is 4.91. The lowest BCUT2D eigenvalue weighted by Gasteiger charge is -1.61. The Bertz CT molecular complexity index is 40.6. The number of ether oxygens (including phenoxy) is 1. The highest BCUT2D eigenvalue weighted by atomic mass is 16.6. The Morgan fingerprint density at radius 1 is 1.71 bits per heavy atom. The van der Waals surface area contributed by atoms with Crippen LogP contribution in [0.2, 0.25) is 0 Å². The van der Waals surface area contributed by atoms with Crippen LogP contribution in [0.15, 0.2) is 12.7 Å². The van der Waals surface area contributed by atoms with Crippen molar-refractivity contribution < 1.29 is 4.74 Å². The standard InChI is InChI=1S/C3H7N.C2H4O/c1-2-3-4;1-2-3-1/h2H,1,3-4H2;1-2H2. The molecule has 0 bridgehead atoms. The predicted molar refractivity (Wildman–Crippen MR) is 30.1 cm³/mol. The van der Waals surface area contributed by atoms with Crippen molar-refractivity contribution in [2.45, 2.75) is 0 Å². The van der Waals surface area contributed by atoms with Crippen LogP contribution in [0.4, 0.5) is 0 Å². The average Bonchev–Trinajstić information content (AvgIpc) is 2.47. The van der Waals surface area contributed by atoms with E-state index in [0.717, 1.165) is 13.2 Å². The summed E-state index contributed by atoms with van der Waals surface area (Å²) >= 11 is 0. The van der Waals surface area contributed by atoms with E-state index < -0.39 is 0 Å². The summed E-state index contributed by atoms with van der Waals surface area (Å²) in [6.45, 7) is 5.94. The Kier molecular flexibility index (Phi) is 5.39. The Morgan fingerprint density at radius 2 is 2.00 bits per heavy atom. The van der Waals surface area contributed by atoms with E-state index in [1.807, 2.05) is 0 Å². The fourth-order valence-electron chi connectivity index (χ4n) is 0. The van der Waals surface area contributed by atoms with Gasteiger partial charge in [-0.1, -0.05) is 6.08 Å². The van der Waals surface area contributed by atoms with Gasteiger partial charge in [0.25, 0.3) is 0 Å². The van der Waals surface area contributed by atoms with E-state index >= 15 is 0 Å². The maximum Gasteiger partial charge on any atom is 0.0701 e. The van der Waals surface area contributed by atoms with Gasteiger partial charge in [-0.25, -0.2) is 0 Å². The lowest BCUT2D eigenvalue weighted by atomic mass is 10.7. The monoisotopic (exact) mass is 101 g/mol. The van der Waals surface area contributed by atoms with Gasteiger partial charge in [0.05, 0.1) is 13.2 Å². The van der Waals surface area contributed by atoms with Gasteiger partial charge >= 0.3 is 0 Å². The molecule has 1 heterocycles. The zero-order chi connectivity index (χ0) is 5.54. The summed E-state index contributed by atoms with van der Waals surface area (Å²) < 4.78 is 4.50. The first-order valence-electron chi connectivity index (χ1n) is 2.30. The summed E-state index contributed by atoms with van der Waals surface area (Å²) in [7, 11) is 0. The second-order valence-electron chi connectivity index (χ2n) is 1.14. The highest BCUT2D eigenvalue weighted by Gasteiger charge is 1.94. The van der Waals surface area contributed by atoms with Gasteiger partial charge in [0.1, 0.15) is 0 Å². The second-order valence-corrected chi connectivity index (χ2v) is 1.14. The molecule has 1 saturated heterocycles. The molecule has 0 saturated carbocycles. The van der Waals surface area contributed by atoms with E-state index in [4.69, 9.17) is 5.73 Å². The molecule has 7 heavy (non-hydrogen) atoms. The number of hydrogen-bond donors (Lipinski definition) is 1. The average molecular weight is 101 g/mol. The van der Waals surface area contributed by atoms with Crippen LogP contribution in [-0.2, 0) is 4.74 Å². The Morgan fingerprint density at radius 3 is 2.00 bits per heavy atom. The van der Waals surface area contributed by atoms with Gasteiger partial charge in [-0.05, 0) is 0 Å². The van der Waals surface area contributed by atoms with E-state index in [0.29, 0.717) is 6.54 Å². The highest BCUT2D eigenvalue weighted by Crippen LogP contribution is 1.84. The van der Waals surface area contributed by atoms with Crippen molar-refractivity contribution in [2.75, 3.05) is 19.8 Å². The van der Waals surface area contributed by atoms with E-state index in [-0.39, 0.29) is 0 Å². The van der Waals surface area contributed by atoms with Gasteiger partial charge in [-0.15, -0.1) is 6.58 Å². The molecule has 42 valence electrons. The molecule has 0 aromatic carbocycles. The smallest absolute Gasteiger partial charge is 0.0701 e. The summed E-state index contributed by atoms with van der Waals surface area (Å²) in [6, 6.07) is 0. The molecule has 0 unspecified atom stereocenters. The van der Waals surface area contributed by atoms with Crippen molar-refractivity contribution in [2.24, 2.45) is 5.73 Å². The Balaban J connectivity index is 0.000000105. The van der Waals surface area contributed by atoms with E-state index in [1.165, 1.54) is 0 Å². The molecule has 0 amide bonds. The van der Waals surface area contributed by atoms with Gasteiger partial charge in [0.2, 0.25) is 0 Å². The first-order chi connectivity index (χ1) is 3.41. The van der Waals surface area contributed by atoms with E-state index in [9.17, 15) is 0 Å². The Hall–Kier alpha value is -0.340. The lowest BCUT2D eigenvalue weighted by molar-refractivity contribution is 0.475. The third kappa shape index (κ3) is 27.5. The topological polar surface area (TPSA) is 38.5 Å². The minimum Gasteiger partial charge on any atom is -0.377 e. The van der Waals surface area contributed by atoms with Crippen LogP contribution in [0.25, 0.3) is 0 Å². The molecule has 0 aliphatic carbocycles. The molecule has 2 N–H and O–H groups in total. The van der Waals surface area contributed by atoms with Gasteiger partial charge in [0.15, 0.2) is 0 Å². The molecular formula is C5H11NO. The van der Waals surface area contributed by atoms with Crippen molar-refractivity contribution in [3.8, 4) is 0 Å². The molecule has 0 spiro atoms. The van der Waals surface area contributed by atoms with Crippen LogP contribution in [-0.4, -0.2) is 19.8 Å². The summed E-state index contributed by atoms with van der Waals surface area (Å²) in [5.74, 6) is 0. The van der Waals surface area contributed by atoms with Gasteiger partial charge in [-0.2, -0.15) is 0 Å². The summed E-state index contributed by atoms with van der Waals surface area (Å²) in [5, 5.41) is 0. The summed E-state index contributed by atoms with van der Waals surface area (Å²) in [4.78, 5) is 0. The minimum absolute atomic E-state index is 0.583. The number of nitrogens with two attached hydrogens (primary N) is 1. The van der Waals surface area contributed by atoms with Crippen LogP contribution in [0.3, 0.4) is 0 Å². The molecular weight excluding hydrogens is 90.1 g/mol. The van der Waals surface area contributed by atoms with Crippen molar-refractivity contribution in [1.29, 1.82) is 0 Å². The van der Waals surface area contributed by atoms with E-state index in [2.05, 4.69) is 11.3 Å². The zero-order valence-corrected chi connectivity index (χ0v) is 4.39. The third-order valence-electron chi connectivity index (χ3n) is 0.371. The number of epoxide rings is 1. The van der Waals surface area contributed by atoms with Crippen molar-refractivity contribution in [3.05, 3.63) is 12.7 Å². The molecule has 1 fully saturated rings. The molecule has 1 aliphatic heterocycles. The first-order valence-corrected chi connectivity index (χ1v) is 2.30. The SMILES string of the molecule is C1CO1.C=CCN. The second kappa shape index (κ2) is 5.66. The largest absolute Gasteiger partial charge is 0.377 e. The van der Waals surface area contributed by atoms with Gasteiger partial charge in [-0.3, -0.25) is 0 Å². The van der Waals surface area contributed by atoms with Crippen LogP contribution in [0, 0.1) is 0 Å². The van der Waals surface area contributed by atoms with Crippen molar-refractivity contribution >= 4 is 0 Å². The highest BCUT2D eigenvalue weighted by molar-refractivity contribution is 4.64. The fraction of sp³-hybridized carbons (Fsp3) is 0.600. The lowest BCUT2D eigenvalue weighted by Crippen LogP contribution is -1.90. The zero-order valence-electron chi connectivity index (χ0n) is 4.39. The van der Waals surface area contributed by atoms with Crippen LogP contribution in [0.1, 0.15) is 0 Å². The maximum atomic E-state index is 4.91. The Labute approximate surface area is 44.0 Å². The van der Waals surface area contributed by atoms with Crippen molar-refractivity contribution in [3.63, 3.8) is 0 Å². The molecule has 1 rings (SSSR count). The molecule has 0 atom stereocenters. The van der Waals surface area contributed by atoms with Crippen molar-refractivity contribution in [1.82, 2.24) is 0 Å².